The molecule has 0 aliphatic heterocycles. The Balaban J connectivity index is 1.40. The minimum absolute atomic E-state index is 0.126. The second-order valence-corrected chi connectivity index (χ2v) is 8.04. The third-order valence-electron chi connectivity index (χ3n) is 3.98. The molecule has 2 aromatic carbocycles. The lowest BCUT2D eigenvalue weighted by atomic mass is 10.2. The molecule has 4 aromatic rings. The van der Waals surface area contributed by atoms with Gasteiger partial charge in [0.1, 0.15) is 0 Å². The van der Waals surface area contributed by atoms with Crippen molar-refractivity contribution in [1.82, 2.24) is 9.97 Å². The number of nitrogens with zero attached hydrogens (tertiary/aromatic N) is 2. The maximum Gasteiger partial charge on any atom is 0.255 e. The van der Waals surface area contributed by atoms with Crippen molar-refractivity contribution in [3.05, 3.63) is 87.6 Å². The van der Waals surface area contributed by atoms with Crippen LogP contribution in [0, 0.1) is 3.57 Å². The van der Waals surface area contributed by atoms with Gasteiger partial charge in [-0.2, -0.15) is 0 Å². The van der Waals surface area contributed by atoms with Gasteiger partial charge in [0, 0.05) is 43.8 Å². The number of pyridine rings is 1. The van der Waals surface area contributed by atoms with Crippen LogP contribution in [0.15, 0.2) is 78.4 Å². The molecule has 138 valence electrons. The quantitative estimate of drug-likeness (QED) is 0.341. The fourth-order valence-corrected chi connectivity index (χ4v) is 3.65. The number of anilines is 3. The van der Waals surface area contributed by atoms with Crippen molar-refractivity contribution in [3.8, 4) is 11.3 Å². The van der Waals surface area contributed by atoms with Crippen molar-refractivity contribution < 1.29 is 4.79 Å². The van der Waals surface area contributed by atoms with Crippen molar-refractivity contribution in [2.75, 3.05) is 10.6 Å². The van der Waals surface area contributed by atoms with Crippen LogP contribution in [-0.4, -0.2) is 15.9 Å². The van der Waals surface area contributed by atoms with Gasteiger partial charge in [0.25, 0.3) is 5.91 Å². The van der Waals surface area contributed by atoms with Crippen LogP contribution >= 0.6 is 33.9 Å². The van der Waals surface area contributed by atoms with E-state index in [1.807, 2.05) is 66.0 Å². The molecule has 1 amide bonds. The van der Waals surface area contributed by atoms with Gasteiger partial charge in [0.15, 0.2) is 5.13 Å². The fraction of sp³-hybridized carbons (Fsp3) is 0. The molecule has 2 N–H and O–H groups in total. The highest BCUT2D eigenvalue weighted by Gasteiger charge is 2.07. The van der Waals surface area contributed by atoms with E-state index in [2.05, 4.69) is 43.2 Å². The van der Waals surface area contributed by atoms with E-state index < -0.39 is 0 Å². The number of halogens is 1. The first kappa shape index (κ1) is 18.6. The highest BCUT2D eigenvalue weighted by molar-refractivity contribution is 14.1. The van der Waals surface area contributed by atoms with Crippen LogP contribution in [-0.2, 0) is 0 Å². The predicted molar refractivity (Wildman–Crippen MR) is 122 cm³/mol. The summed E-state index contributed by atoms with van der Waals surface area (Å²) in [5.41, 5.74) is 4.23. The molecular formula is C21H15IN4OS. The summed E-state index contributed by atoms with van der Waals surface area (Å²) in [5, 5.41) is 9.01. The summed E-state index contributed by atoms with van der Waals surface area (Å²) in [7, 11) is 0. The van der Waals surface area contributed by atoms with Gasteiger partial charge in [0.05, 0.1) is 5.69 Å². The highest BCUT2D eigenvalue weighted by Crippen LogP contribution is 2.27. The molecule has 5 nitrogen and oxygen atoms in total. The summed E-state index contributed by atoms with van der Waals surface area (Å²) in [5.74, 6) is -0.126. The zero-order valence-corrected chi connectivity index (χ0v) is 17.6. The molecule has 0 unspecified atom stereocenters. The van der Waals surface area contributed by atoms with Crippen molar-refractivity contribution >= 4 is 56.3 Å². The minimum atomic E-state index is -0.126. The van der Waals surface area contributed by atoms with E-state index in [0.29, 0.717) is 5.56 Å². The van der Waals surface area contributed by atoms with Crippen LogP contribution < -0.4 is 10.6 Å². The zero-order valence-electron chi connectivity index (χ0n) is 14.6. The molecule has 0 spiro atoms. The fourth-order valence-electron chi connectivity index (χ4n) is 2.55. The van der Waals surface area contributed by atoms with Crippen molar-refractivity contribution in [3.63, 3.8) is 0 Å². The lowest BCUT2D eigenvalue weighted by Crippen LogP contribution is -2.11. The number of amides is 1. The van der Waals surface area contributed by atoms with Crippen molar-refractivity contribution in [1.29, 1.82) is 0 Å². The Morgan fingerprint density at radius 2 is 1.57 bits per heavy atom. The van der Waals surface area contributed by atoms with Crippen LogP contribution in [0.5, 0.6) is 0 Å². The molecule has 0 aliphatic rings. The first-order valence-electron chi connectivity index (χ1n) is 8.47. The molecule has 2 aromatic heterocycles. The smallest absolute Gasteiger partial charge is 0.255 e. The molecule has 4 rings (SSSR count). The number of hydrogen-bond donors (Lipinski definition) is 2. The molecule has 0 saturated carbocycles. The Morgan fingerprint density at radius 1 is 0.893 bits per heavy atom. The summed E-state index contributed by atoms with van der Waals surface area (Å²) in [6.45, 7) is 0. The summed E-state index contributed by atoms with van der Waals surface area (Å²) in [4.78, 5) is 20.9. The monoisotopic (exact) mass is 498 g/mol. The first-order valence-corrected chi connectivity index (χ1v) is 10.4. The van der Waals surface area contributed by atoms with Gasteiger partial charge >= 0.3 is 0 Å². The zero-order chi connectivity index (χ0) is 19.3. The lowest BCUT2D eigenvalue weighted by Gasteiger charge is -2.07. The maximum atomic E-state index is 12.3. The van der Waals surface area contributed by atoms with Gasteiger partial charge in [-0.15, -0.1) is 11.3 Å². The summed E-state index contributed by atoms with van der Waals surface area (Å²) in [6, 6.07) is 18.9. The average Bonchev–Trinajstić information content (AvgIpc) is 3.19. The normalized spacial score (nSPS) is 10.5. The van der Waals surface area contributed by atoms with E-state index >= 15 is 0 Å². The number of benzene rings is 2. The van der Waals surface area contributed by atoms with Crippen LogP contribution in [0.1, 0.15) is 10.4 Å². The Hall–Kier alpha value is -2.78. The molecule has 0 bridgehead atoms. The Bertz CT molecular complexity index is 1080. The molecule has 0 aliphatic carbocycles. The standard InChI is InChI=1S/C21H15IN4OS/c22-16-3-1-15(2-4-16)20(27)24-17-5-7-18(8-6-17)25-21-26-19(13-28-21)14-9-11-23-12-10-14/h1-13H,(H,24,27)(H,25,26). The van der Waals surface area contributed by atoms with E-state index in [4.69, 9.17) is 0 Å². The SMILES string of the molecule is O=C(Nc1ccc(Nc2nc(-c3ccncc3)cs2)cc1)c1ccc(I)cc1. The molecule has 0 atom stereocenters. The largest absolute Gasteiger partial charge is 0.332 e. The topological polar surface area (TPSA) is 66.9 Å². The van der Waals surface area contributed by atoms with E-state index in [0.717, 1.165) is 31.3 Å². The van der Waals surface area contributed by atoms with Crippen LogP contribution in [0.25, 0.3) is 11.3 Å². The van der Waals surface area contributed by atoms with Gasteiger partial charge < -0.3 is 10.6 Å². The van der Waals surface area contributed by atoms with Crippen molar-refractivity contribution in [2.24, 2.45) is 0 Å². The van der Waals surface area contributed by atoms with E-state index in [1.54, 1.807) is 12.4 Å². The number of rotatable bonds is 5. The van der Waals surface area contributed by atoms with Gasteiger partial charge in [0.2, 0.25) is 0 Å². The van der Waals surface area contributed by atoms with E-state index in [9.17, 15) is 4.79 Å². The first-order chi connectivity index (χ1) is 13.7. The van der Waals surface area contributed by atoms with E-state index in [1.165, 1.54) is 11.3 Å². The molecule has 2 heterocycles. The Labute approximate surface area is 180 Å². The number of thiazole rings is 1. The minimum Gasteiger partial charge on any atom is -0.332 e. The Kier molecular flexibility index (Phi) is 5.63. The van der Waals surface area contributed by atoms with Gasteiger partial charge in [-0.05, 0) is 83.3 Å². The van der Waals surface area contributed by atoms with Crippen LogP contribution in [0.2, 0.25) is 0 Å². The van der Waals surface area contributed by atoms with Crippen molar-refractivity contribution in [2.45, 2.75) is 0 Å². The van der Waals surface area contributed by atoms with Crippen LogP contribution in [0.3, 0.4) is 0 Å². The number of nitrogens with one attached hydrogen (secondary N) is 2. The molecule has 0 fully saturated rings. The van der Waals surface area contributed by atoms with Gasteiger partial charge in [-0.25, -0.2) is 4.98 Å². The molecular weight excluding hydrogens is 483 g/mol. The average molecular weight is 498 g/mol. The molecule has 7 heteroatoms. The number of carbonyl (C=O) groups excluding carboxylic acids is 1. The summed E-state index contributed by atoms with van der Waals surface area (Å²) in [6.07, 6.45) is 3.51. The number of aromatic nitrogens is 2. The number of carbonyl (C=O) groups is 1. The molecule has 0 radical (unpaired) electrons. The van der Waals surface area contributed by atoms with E-state index in [-0.39, 0.29) is 5.91 Å². The third kappa shape index (κ3) is 4.55. The third-order valence-corrected chi connectivity index (χ3v) is 5.46. The summed E-state index contributed by atoms with van der Waals surface area (Å²) >= 11 is 3.75. The van der Waals surface area contributed by atoms with Crippen LogP contribution in [0.4, 0.5) is 16.5 Å². The maximum absolute atomic E-state index is 12.3. The van der Waals surface area contributed by atoms with Gasteiger partial charge in [-0.3, -0.25) is 9.78 Å². The van der Waals surface area contributed by atoms with Gasteiger partial charge in [-0.1, -0.05) is 0 Å². The second kappa shape index (κ2) is 8.49. The lowest BCUT2D eigenvalue weighted by molar-refractivity contribution is 0.102. The molecule has 0 saturated heterocycles. The summed E-state index contributed by atoms with van der Waals surface area (Å²) < 4.78 is 1.10. The highest BCUT2D eigenvalue weighted by atomic mass is 127. The number of hydrogen-bond acceptors (Lipinski definition) is 5. The Morgan fingerprint density at radius 3 is 2.29 bits per heavy atom. The second-order valence-electron chi connectivity index (χ2n) is 5.94. The molecule has 28 heavy (non-hydrogen) atoms. The predicted octanol–water partition coefficient (Wildman–Crippen LogP) is 5.81.